The molecule has 0 aliphatic carbocycles. The molecule has 0 heterocycles. The number of rotatable bonds is 17. The van der Waals surface area contributed by atoms with Crippen molar-refractivity contribution in [1.82, 2.24) is 5.32 Å². The third kappa shape index (κ3) is 15.3. The van der Waals surface area contributed by atoms with Crippen LogP contribution in [0.15, 0.2) is 0 Å². The fraction of sp³-hybridized carbons (Fsp3) is 0.935. The van der Waals surface area contributed by atoms with Gasteiger partial charge in [-0.3, -0.25) is 4.79 Å². The lowest BCUT2D eigenvalue weighted by molar-refractivity contribution is -0.211. The van der Waals surface area contributed by atoms with Gasteiger partial charge in [0.05, 0.1) is 6.61 Å². The number of aliphatic hydroxyl groups is 1. The Morgan fingerprint density at radius 1 is 0.789 bits per heavy atom. The molecule has 1 amide bonds. The Morgan fingerprint density at radius 3 is 1.87 bits per heavy atom. The van der Waals surface area contributed by atoms with Crippen LogP contribution in [0, 0.1) is 16.2 Å². The number of carbonyl (C=O) groups excluding carboxylic acids is 2. The van der Waals surface area contributed by atoms with Gasteiger partial charge in [-0.1, -0.05) is 68.2 Å². The molecule has 0 fully saturated rings. The molecule has 2 N–H and O–H groups in total. The van der Waals surface area contributed by atoms with Gasteiger partial charge in [0, 0.05) is 18.4 Å². The third-order valence-electron chi connectivity index (χ3n) is 7.35. The summed E-state index contributed by atoms with van der Waals surface area (Å²) >= 11 is 0. The number of ether oxygens (including phenoxy) is 3. The number of aliphatic hydroxyl groups excluding tert-OH is 1. The molecule has 0 saturated heterocycles. The SMILES string of the molecule is CCCCC(C)(C)OC(=O)CCCCCC(C)(C)OC(=O)NCCOC(O)C(C)(CC(C)(C)C)C(C)(C)C. The second-order valence-electron chi connectivity index (χ2n) is 14.6. The zero-order chi connectivity index (χ0) is 29.8. The van der Waals surface area contributed by atoms with Gasteiger partial charge in [-0.15, -0.1) is 0 Å². The topological polar surface area (TPSA) is 94.1 Å². The standard InChI is InChI=1S/C31H61NO6/c1-13-14-19-29(8,9)37-24(33)18-16-15-17-20-30(10,11)38-26(35)32-21-22-36-25(34)31(12,28(5,6)7)23-27(2,3)4/h25,34H,13-23H2,1-12H3,(H,32,35). The van der Waals surface area contributed by atoms with E-state index in [0.29, 0.717) is 12.8 Å². The first-order valence-electron chi connectivity index (χ1n) is 14.6. The van der Waals surface area contributed by atoms with E-state index in [1.807, 2.05) is 27.7 Å². The van der Waals surface area contributed by atoms with E-state index in [1.54, 1.807) is 0 Å². The maximum Gasteiger partial charge on any atom is 0.407 e. The molecule has 0 aromatic rings. The summed E-state index contributed by atoms with van der Waals surface area (Å²) in [6, 6.07) is 0. The normalized spacial score (nSPS) is 15.5. The maximum atomic E-state index is 12.3. The quantitative estimate of drug-likeness (QED) is 0.110. The predicted octanol–water partition coefficient (Wildman–Crippen LogP) is 7.78. The molecule has 38 heavy (non-hydrogen) atoms. The van der Waals surface area contributed by atoms with Crippen molar-refractivity contribution < 1.29 is 28.9 Å². The molecule has 0 radical (unpaired) electrons. The number of alkyl carbamates (subject to hydrolysis) is 1. The van der Waals surface area contributed by atoms with Gasteiger partial charge in [0.25, 0.3) is 0 Å². The van der Waals surface area contributed by atoms with Crippen LogP contribution in [-0.2, 0) is 19.0 Å². The molecule has 0 bridgehead atoms. The van der Waals surface area contributed by atoms with Gasteiger partial charge in [-0.25, -0.2) is 4.79 Å². The zero-order valence-electron chi connectivity index (χ0n) is 26.8. The smallest absolute Gasteiger partial charge is 0.407 e. The Kier molecular flexibility index (Phi) is 14.9. The minimum atomic E-state index is -0.948. The van der Waals surface area contributed by atoms with Crippen molar-refractivity contribution in [2.24, 2.45) is 16.2 Å². The zero-order valence-corrected chi connectivity index (χ0v) is 26.8. The van der Waals surface area contributed by atoms with E-state index in [1.165, 1.54) is 0 Å². The number of carbonyl (C=O) groups is 2. The highest BCUT2D eigenvalue weighted by Crippen LogP contribution is 2.49. The van der Waals surface area contributed by atoms with Gasteiger partial charge in [0.15, 0.2) is 6.29 Å². The first-order valence-corrected chi connectivity index (χ1v) is 14.6. The fourth-order valence-corrected chi connectivity index (χ4v) is 4.68. The van der Waals surface area contributed by atoms with Crippen LogP contribution < -0.4 is 5.32 Å². The first kappa shape index (κ1) is 36.7. The number of hydrogen-bond acceptors (Lipinski definition) is 6. The summed E-state index contributed by atoms with van der Waals surface area (Å²) in [5.41, 5.74) is -1.60. The summed E-state index contributed by atoms with van der Waals surface area (Å²) in [6.45, 7) is 25.2. The van der Waals surface area contributed by atoms with Crippen LogP contribution in [0.3, 0.4) is 0 Å². The molecule has 0 rings (SSSR count). The van der Waals surface area contributed by atoms with Gasteiger partial charge in [-0.05, 0) is 77.0 Å². The van der Waals surface area contributed by atoms with Crippen LogP contribution in [0.2, 0.25) is 0 Å². The van der Waals surface area contributed by atoms with E-state index in [2.05, 4.69) is 60.7 Å². The van der Waals surface area contributed by atoms with E-state index in [-0.39, 0.29) is 30.0 Å². The predicted molar refractivity (Wildman–Crippen MR) is 155 cm³/mol. The number of amides is 1. The fourth-order valence-electron chi connectivity index (χ4n) is 4.68. The molecular weight excluding hydrogens is 482 g/mol. The van der Waals surface area contributed by atoms with Crippen LogP contribution in [-0.4, -0.2) is 47.8 Å². The molecule has 7 nitrogen and oxygen atoms in total. The lowest BCUT2D eigenvalue weighted by Crippen LogP contribution is -2.47. The van der Waals surface area contributed by atoms with Gasteiger partial charge in [0.1, 0.15) is 11.2 Å². The average Bonchev–Trinajstić information content (AvgIpc) is 2.72. The van der Waals surface area contributed by atoms with Gasteiger partial charge >= 0.3 is 12.1 Å². The second kappa shape index (κ2) is 15.4. The highest BCUT2D eigenvalue weighted by molar-refractivity contribution is 5.69. The van der Waals surface area contributed by atoms with Crippen molar-refractivity contribution in [3.8, 4) is 0 Å². The average molecular weight is 544 g/mol. The Morgan fingerprint density at radius 2 is 1.34 bits per heavy atom. The van der Waals surface area contributed by atoms with E-state index in [9.17, 15) is 14.7 Å². The van der Waals surface area contributed by atoms with Crippen LogP contribution in [0.5, 0.6) is 0 Å². The number of nitrogens with one attached hydrogen (secondary N) is 1. The molecule has 7 heteroatoms. The molecule has 0 aromatic carbocycles. The molecule has 2 atom stereocenters. The van der Waals surface area contributed by atoms with E-state index < -0.39 is 29.0 Å². The summed E-state index contributed by atoms with van der Waals surface area (Å²) in [4.78, 5) is 24.5. The summed E-state index contributed by atoms with van der Waals surface area (Å²) in [7, 11) is 0. The Hall–Kier alpha value is -1.34. The van der Waals surface area contributed by atoms with E-state index >= 15 is 0 Å². The monoisotopic (exact) mass is 543 g/mol. The summed E-state index contributed by atoms with van der Waals surface area (Å²) in [5, 5.41) is 13.6. The maximum absolute atomic E-state index is 12.3. The van der Waals surface area contributed by atoms with Crippen molar-refractivity contribution >= 4 is 12.1 Å². The van der Waals surface area contributed by atoms with E-state index in [0.717, 1.165) is 44.9 Å². The number of esters is 1. The van der Waals surface area contributed by atoms with Crippen molar-refractivity contribution in [3.05, 3.63) is 0 Å². The van der Waals surface area contributed by atoms with Crippen molar-refractivity contribution in [1.29, 1.82) is 0 Å². The summed E-state index contributed by atoms with van der Waals surface area (Å²) in [5.74, 6) is -0.144. The molecule has 226 valence electrons. The number of unbranched alkanes of at least 4 members (excludes halogenated alkanes) is 3. The third-order valence-corrected chi connectivity index (χ3v) is 7.35. The Labute approximate surface area is 234 Å². The largest absolute Gasteiger partial charge is 0.460 e. The van der Waals surface area contributed by atoms with Crippen LogP contribution in [0.25, 0.3) is 0 Å². The molecule has 0 spiro atoms. The van der Waals surface area contributed by atoms with Crippen LogP contribution in [0.1, 0.15) is 141 Å². The van der Waals surface area contributed by atoms with Crippen LogP contribution >= 0.6 is 0 Å². The Bertz CT molecular complexity index is 704. The summed E-state index contributed by atoms with van der Waals surface area (Å²) in [6.07, 6.45) is 5.94. The van der Waals surface area contributed by atoms with Crippen molar-refractivity contribution in [2.75, 3.05) is 13.2 Å². The van der Waals surface area contributed by atoms with Crippen molar-refractivity contribution in [3.63, 3.8) is 0 Å². The van der Waals surface area contributed by atoms with E-state index in [4.69, 9.17) is 14.2 Å². The van der Waals surface area contributed by atoms with Crippen LogP contribution in [0.4, 0.5) is 4.79 Å². The number of hydrogen-bond donors (Lipinski definition) is 2. The minimum absolute atomic E-state index is 0.0362. The van der Waals surface area contributed by atoms with Gasteiger partial charge < -0.3 is 24.6 Å². The molecular formula is C31H61NO6. The molecule has 0 saturated carbocycles. The second-order valence-corrected chi connectivity index (χ2v) is 14.6. The molecule has 2 unspecified atom stereocenters. The molecule has 0 aromatic heterocycles. The van der Waals surface area contributed by atoms with Crippen molar-refractivity contribution in [2.45, 2.75) is 158 Å². The molecule has 0 aliphatic heterocycles. The first-order chi connectivity index (χ1) is 17.1. The lowest BCUT2D eigenvalue weighted by atomic mass is 9.61. The summed E-state index contributed by atoms with van der Waals surface area (Å²) < 4.78 is 17.0. The highest BCUT2D eigenvalue weighted by atomic mass is 16.6. The highest BCUT2D eigenvalue weighted by Gasteiger charge is 2.46. The van der Waals surface area contributed by atoms with Gasteiger partial charge in [0.2, 0.25) is 0 Å². The minimum Gasteiger partial charge on any atom is -0.460 e. The van der Waals surface area contributed by atoms with Gasteiger partial charge in [-0.2, -0.15) is 0 Å². The lowest BCUT2D eigenvalue weighted by Gasteiger charge is -2.48. The molecule has 0 aliphatic rings. The Balaban J connectivity index is 4.36.